The summed E-state index contributed by atoms with van der Waals surface area (Å²) < 4.78 is 0. The smallest absolute Gasteiger partial charge is 0.852 e. The van der Waals surface area contributed by atoms with Crippen LogP contribution in [0.1, 0.15) is 85.9 Å². The molecule has 0 aromatic carbocycles. The molecule has 0 fully saturated rings. The van der Waals surface area contributed by atoms with Gasteiger partial charge in [0.25, 0.3) is 0 Å². The first-order valence-electron chi connectivity index (χ1n) is 8.34. The van der Waals surface area contributed by atoms with Crippen molar-refractivity contribution in [3.05, 3.63) is 0 Å². The molecule has 3 unspecified atom stereocenters. The van der Waals surface area contributed by atoms with Crippen molar-refractivity contribution in [3.8, 4) is 0 Å². The Bertz CT molecular complexity index is 252. The van der Waals surface area contributed by atoms with Gasteiger partial charge in [-0.2, -0.15) is 0 Å². The molecule has 7 heteroatoms. The summed E-state index contributed by atoms with van der Waals surface area (Å²) in [6, 6.07) is 0. The van der Waals surface area contributed by atoms with E-state index in [1.54, 1.807) is 0 Å². The largest absolute Gasteiger partial charge is 3.00 e. The Labute approximate surface area is 169 Å². The maximum Gasteiger partial charge on any atom is 3.00 e. The predicted molar refractivity (Wildman–Crippen MR) is 93.6 cm³/mol. The third kappa shape index (κ3) is 51.6. The van der Waals surface area contributed by atoms with Crippen LogP contribution in [-0.4, -0.2) is 52.5 Å². The first-order chi connectivity index (χ1) is 10.2. The van der Waals surface area contributed by atoms with E-state index in [1.807, 2.05) is 0 Å². The van der Waals surface area contributed by atoms with E-state index in [4.69, 9.17) is 0 Å². The average molecular weight is 378 g/mol. The van der Waals surface area contributed by atoms with E-state index in [0.29, 0.717) is 0 Å². The Balaban J connectivity index is -0.0000000441. The zero-order chi connectivity index (χ0) is 20.4. The van der Waals surface area contributed by atoms with Gasteiger partial charge in [-0.3, -0.25) is 0 Å². The molecular weight excluding hydrogens is 339 g/mol. The van der Waals surface area contributed by atoms with Crippen LogP contribution in [0.25, 0.3) is 0 Å². The molecule has 0 bridgehead atoms. The minimum atomic E-state index is -1.04. The van der Waals surface area contributed by atoms with Gasteiger partial charge in [-0.1, -0.05) is 81.6 Å². The quantitative estimate of drug-likeness (QED) is 0.479. The minimum Gasteiger partial charge on any atom is -0.852 e. The van der Waals surface area contributed by atoms with Gasteiger partial charge in [-0.15, -0.1) is 35.1 Å². The molecule has 0 aliphatic heterocycles. The summed E-state index contributed by atoms with van der Waals surface area (Å²) in [7, 11) is 0. The van der Waals surface area contributed by atoms with E-state index >= 15 is 0 Å². The summed E-state index contributed by atoms with van der Waals surface area (Å²) in [5.41, 5.74) is -3.12. The fourth-order valence-corrected chi connectivity index (χ4v) is 2.08. The summed E-state index contributed by atoms with van der Waals surface area (Å²) in [6.45, 7) is 13.7. The molecule has 0 rings (SSSR count). The Morgan fingerprint density at radius 3 is 0.680 bits per heavy atom. The van der Waals surface area contributed by atoms with Gasteiger partial charge in [0.15, 0.2) is 0 Å². The van der Waals surface area contributed by atoms with Crippen molar-refractivity contribution >= 4 is 17.4 Å². The van der Waals surface area contributed by atoms with Crippen LogP contribution in [0.2, 0.25) is 0 Å². The molecule has 0 N–H and O–H groups in total. The van der Waals surface area contributed by atoms with Gasteiger partial charge in [0, 0.05) is 0 Å². The zero-order valence-corrected chi connectivity index (χ0v) is 18.5. The number of rotatable bonds is 6. The summed E-state index contributed by atoms with van der Waals surface area (Å²) in [6.07, 6.45) is -1.51. The summed E-state index contributed by atoms with van der Waals surface area (Å²) in [4.78, 5) is 0. The Kier molecular flexibility index (Phi) is 18.9. The van der Waals surface area contributed by atoms with Crippen molar-refractivity contribution in [1.29, 1.82) is 0 Å². The Morgan fingerprint density at radius 1 is 0.560 bits per heavy atom. The van der Waals surface area contributed by atoms with Crippen LogP contribution in [-0.2, 0) is 0 Å². The first-order valence-corrected chi connectivity index (χ1v) is 8.34. The molecule has 0 heterocycles. The van der Waals surface area contributed by atoms with E-state index in [-0.39, 0.29) is 40.9 Å². The van der Waals surface area contributed by atoms with Gasteiger partial charge < -0.3 is 30.6 Å². The van der Waals surface area contributed by atoms with Crippen molar-refractivity contribution < 1.29 is 34.9 Å². The fraction of sp³-hybridized carbons (Fsp3) is 1.00. The van der Waals surface area contributed by atoms with Crippen LogP contribution >= 0.6 is 0 Å². The molecule has 0 spiro atoms. The van der Waals surface area contributed by atoms with Gasteiger partial charge in [-0.05, 0) is 0 Å². The molecule has 0 aliphatic rings. The van der Waals surface area contributed by atoms with Crippen molar-refractivity contribution in [2.45, 2.75) is 117 Å². The van der Waals surface area contributed by atoms with Crippen LogP contribution in [0.15, 0.2) is 0 Å². The van der Waals surface area contributed by atoms with E-state index in [9.17, 15) is 30.6 Å². The standard InChI is InChI=1S/3C6H12O2.Al/c3*1-5(7)4-6(2,3)8;/h3*5H,4H2,1-3H3;/q3*-2;+3/p+3. The van der Waals surface area contributed by atoms with Crippen molar-refractivity contribution in [1.82, 2.24) is 0 Å². The van der Waals surface area contributed by atoms with E-state index in [2.05, 4.69) is 0 Å². The van der Waals surface area contributed by atoms with Crippen molar-refractivity contribution in [2.24, 2.45) is 0 Å². The fourth-order valence-electron chi connectivity index (χ4n) is 2.08. The van der Waals surface area contributed by atoms with E-state index in [1.165, 1.54) is 62.3 Å². The third-order valence-corrected chi connectivity index (χ3v) is 2.34. The van der Waals surface area contributed by atoms with Gasteiger partial charge in [0.2, 0.25) is 0 Å². The molecule has 0 amide bonds. The van der Waals surface area contributed by atoms with Crippen LogP contribution in [0.5, 0.6) is 0 Å². The normalized spacial score (nSPS) is 15.5. The minimum absolute atomic E-state index is 0. The number of hydrogen-bond donors (Lipinski definition) is 0. The molecule has 0 radical (unpaired) electrons. The molecule has 0 saturated carbocycles. The van der Waals surface area contributed by atoms with Gasteiger partial charge >= 0.3 is 21.6 Å². The maximum atomic E-state index is 10.7. The van der Waals surface area contributed by atoms with Crippen molar-refractivity contribution in [2.75, 3.05) is 0 Å². The summed E-state index contributed by atoms with van der Waals surface area (Å²) in [5, 5.41) is 63.2. The monoisotopic (exact) mass is 378 g/mol. The maximum absolute atomic E-state index is 10.7. The topological polar surface area (TPSA) is 138 Å². The molecule has 0 aromatic heterocycles. The second-order valence-electron chi connectivity index (χ2n) is 8.32. The van der Waals surface area contributed by atoms with Crippen LogP contribution < -0.4 is 30.6 Å². The predicted octanol–water partition coefficient (Wildman–Crippen LogP) is -2.25. The van der Waals surface area contributed by atoms with Gasteiger partial charge in [0.1, 0.15) is 0 Å². The SMILES string of the molecule is CC([O-])CC(C)(C)[O-].CC([O-])CC(C)(C)[O-].CC([O-])CC(C)(C)[O-].[Al+3].[H+].[H+].[H+]. The molecule has 0 aliphatic carbocycles. The van der Waals surface area contributed by atoms with E-state index in [0.717, 1.165) is 0 Å². The van der Waals surface area contributed by atoms with Crippen LogP contribution in [0, 0.1) is 0 Å². The molecular formula is C18H39AlO6. The van der Waals surface area contributed by atoms with E-state index < -0.39 is 35.1 Å². The second-order valence-corrected chi connectivity index (χ2v) is 8.32. The first kappa shape index (κ1) is 32.9. The van der Waals surface area contributed by atoms with Gasteiger partial charge in [0.05, 0.1) is 0 Å². The molecule has 3 atom stereocenters. The van der Waals surface area contributed by atoms with Gasteiger partial charge in [-0.25, -0.2) is 0 Å². The average Bonchev–Trinajstić information content (AvgIpc) is 2.04. The van der Waals surface area contributed by atoms with Crippen LogP contribution in [0.3, 0.4) is 0 Å². The second kappa shape index (κ2) is 14.4. The Morgan fingerprint density at radius 2 is 0.680 bits per heavy atom. The Hall–Kier alpha value is 0.292. The number of hydrogen-bond acceptors (Lipinski definition) is 6. The molecule has 150 valence electrons. The summed E-state index contributed by atoms with van der Waals surface area (Å²) >= 11 is 0. The zero-order valence-electron chi connectivity index (χ0n) is 20.4. The molecule has 0 saturated heterocycles. The van der Waals surface area contributed by atoms with Crippen molar-refractivity contribution in [3.63, 3.8) is 0 Å². The van der Waals surface area contributed by atoms with Crippen LogP contribution in [0.4, 0.5) is 0 Å². The molecule has 0 aromatic rings. The molecule has 25 heavy (non-hydrogen) atoms. The molecule has 6 nitrogen and oxygen atoms in total. The summed E-state index contributed by atoms with van der Waals surface area (Å²) in [5.74, 6) is 0. The third-order valence-electron chi connectivity index (χ3n) is 2.34.